The largest absolute Gasteiger partial charge is 0.436 e. The summed E-state index contributed by atoms with van der Waals surface area (Å²) in [6.07, 6.45) is -2.61. The maximum atomic E-state index is 13.0. The lowest BCUT2D eigenvalue weighted by Crippen LogP contribution is -2.22. The van der Waals surface area contributed by atoms with Gasteiger partial charge in [0.2, 0.25) is 5.89 Å². The molecule has 0 spiro atoms. The lowest BCUT2D eigenvalue weighted by molar-refractivity contribution is -0.137. The molecule has 0 saturated heterocycles. The molecule has 32 heavy (non-hydrogen) atoms. The number of carbonyl (C=O) groups excluding carboxylic acids is 1. The molecule has 0 bridgehead atoms. The summed E-state index contributed by atoms with van der Waals surface area (Å²) in [5.74, 6) is -0.130. The number of nitrogens with zero attached hydrogens (tertiary/aromatic N) is 1. The Morgan fingerprint density at radius 2 is 1.81 bits per heavy atom. The number of carbonyl (C=O) groups is 1. The molecule has 6 nitrogen and oxygen atoms in total. The van der Waals surface area contributed by atoms with Crippen molar-refractivity contribution in [2.24, 2.45) is 0 Å². The minimum atomic E-state index is -4.67. The Bertz CT molecular complexity index is 1340. The molecule has 0 aliphatic rings. The molecule has 4 aromatic rings. The number of aryl methyl sites for hydroxylation is 1. The molecule has 2 aromatic heterocycles. The van der Waals surface area contributed by atoms with Crippen molar-refractivity contribution >= 4 is 11.6 Å². The van der Waals surface area contributed by atoms with Crippen LogP contribution in [0.3, 0.4) is 0 Å². The number of pyridine rings is 1. The average molecular weight is 439 g/mol. The van der Waals surface area contributed by atoms with Crippen molar-refractivity contribution in [3.63, 3.8) is 0 Å². The number of benzene rings is 2. The molecular weight excluding hydrogens is 423 g/mol. The van der Waals surface area contributed by atoms with E-state index in [0.29, 0.717) is 23.6 Å². The van der Waals surface area contributed by atoms with Crippen LogP contribution in [0.2, 0.25) is 0 Å². The highest BCUT2D eigenvalue weighted by Gasteiger charge is 2.31. The fraction of sp³-hybridized carbons (Fsp3) is 0.0870. The zero-order valence-corrected chi connectivity index (χ0v) is 16.7. The SMILES string of the molecule is Cc1ccc(-c2cnc(-c3ccccc3C(=O)Nc3cc(C(F)(F)F)c[nH]c3=O)o2)cc1. The molecular formula is C23H16F3N3O3. The van der Waals surface area contributed by atoms with Gasteiger partial charge in [0.15, 0.2) is 5.76 Å². The molecule has 162 valence electrons. The predicted octanol–water partition coefficient (Wildman–Crippen LogP) is 5.28. The molecule has 0 radical (unpaired) electrons. The highest BCUT2D eigenvalue weighted by molar-refractivity contribution is 6.08. The monoisotopic (exact) mass is 439 g/mol. The number of alkyl halides is 3. The number of hydrogen-bond acceptors (Lipinski definition) is 4. The summed E-state index contributed by atoms with van der Waals surface area (Å²) in [5.41, 5.74) is -0.176. The van der Waals surface area contributed by atoms with Crippen LogP contribution in [-0.2, 0) is 6.18 Å². The Morgan fingerprint density at radius 1 is 1.09 bits per heavy atom. The van der Waals surface area contributed by atoms with Crippen molar-refractivity contribution < 1.29 is 22.4 Å². The summed E-state index contributed by atoms with van der Waals surface area (Å²) < 4.78 is 44.7. The van der Waals surface area contributed by atoms with Gasteiger partial charge in [-0.2, -0.15) is 13.2 Å². The van der Waals surface area contributed by atoms with Crippen molar-refractivity contribution in [1.29, 1.82) is 0 Å². The lowest BCUT2D eigenvalue weighted by atomic mass is 10.1. The summed E-state index contributed by atoms with van der Waals surface area (Å²) in [6.45, 7) is 1.96. The minimum Gasteiger partial charge on any atom is -0.436 e. The molecule has 0 unspecified atom stereocenters. The maximum absolute atomic E-state index is 13.0. The minimum absolute atomic E-state index is 0.0848. The third-order valence-electron chi connectivity index (χ3n) is 4.72. The Kier molecular flexibility index (Phi) is 5.40. The third kappa shape index (κ3) is 4.31. The van der Waals surface area contributed by atoms with Crippen molar-refractivity contribution in [1.82, 2.24) is 9.97 Å². The second-order valence-electron chi connectivity index (χ2n) is 7.02. The number of halogens is 3. The molecule has 4 rings (SSSR count). The van der Waals surface area contributed by atoms with Gasteiger partial charge in [-0.25, -0.2) is 4.98 Å². The molecule has 2 aromatic carbocycles. The van der Waals surface area contributed by atoms with Gasteiger partial charge in [0, 0.05) is 17.3 Å². The average Bonchev–Trinajstić information content (AvgIpc) is 3.25. The van der Waals surface area contributed by atoms with E-state index in [-0.39, 0.29) is 11.5 Å². The highest BCUT2D eigenvalue weighted by atomic mass is 19.4. The van der Waals surface area contributed by atoms with Gasteiger partial charge in [-0.1, -0.05) is 42.0 Å². The number of rotatable bonds is 4. The second-order valence-corrected chi connectivity index (χ2v) is 7.02. The first-order chi connectivity index (χ1) is 15.2. The number of aromatic nitrogens is 2. The van der Waals surface area contributed by atoms with E-state index in [1.807, 2.05) is 36.2 Å². The highest BCUT2D eigenvalue weighted by Crippen LogP contribution is 2.30. The van der Waals surface area contributed by atoms with Crippen molar-refractivity contribution in [2.75, 3.05) is 5.32 Å². The number of nitrogens with one attached hydrogen (secondary N) is 2. The van der Waals surface area contributed by atoms with Crippen LogP contribution in [0.5, 0.6) is 0 Å². The number of hydrogen-bond donors (Lipinski definition) is 2. The summed E-state index contributed by atoms with van der Waals surface area (Å²) in [4.78, 5) is 31.0. The summed E-state index contributed by atoms with van der Waals surface area (Å²) in [5, 5.41) is 2.24. The molecule has 0 saturated carbocycles. The molecule has 2 heterocycles. The van der Waals surface area contributed by atoms with E-state index in [1.54, 1.807) is 18.2 Å². The summed E-state index contributed by atoms with van der Waals surface area (Å²) in [7, 11) is 0. The molecule has 0 atom stereocenters. The Morgan fingerprint density at radius 3 is 2.53 bits per heavy atom. The second kappa shape index (κ2) is 8.18. The van der Waals surface area contributed by atoms with Crippen LogP contribution in [0.15, 0.2) is 76.2 Å². The van der Waals surface area contributed by atoms with Gasteiger partial charge in [0.1, 0.15) is 5.69 Å². The van der Waals surface area contributed by atoms with Crippen LogP contribution in [0.4, 0.5) is 18.9 Å². The first kappa shape index (κ1) is 21.1. The van der Waals surface area contributed by atoms with Crippen LogP contribution >= 0.6 is 0 Å². The van der Waals surface area contributed by atoms with E-state index in [9.17, 15) is 22.8 Å². The molecule has 0 aliphatic carbocycles. The third-order valence-corrected chi connectivity index (χ3v) is 4.72. The van der Waals surface area contributed by atoms with E-state index >= 15 is 0 Å². The molecule has 9 heteroatoms. The van der Waals surface area contributed by atoms with Gasteiger partial charge < -0.3 is 14.7 Å². The number of amides is 1. The van der Waals surface area contributed by atoms with Crippen molar-refractivity contribution in [2.45, 2.75) is 13.1 Å². The van der Waals surface area contributed by atoms with Gasteiger partial charge in [0.25, 0.3) is 11.5 Å². The van der Waals surface area contributed by atoms with Gasteiger partial charge >= 0.3 is 6.18 Å². The zero-order valence-electron chi connectivity index (χ0n) is 16.7. The van der Waals surface area contributed by atoms with Crippen molar-refractivity contribution in [3.8, 4) is 22.8 Å². The Labute approximate surface area is 179 Å². The molecule has 0 aliphatic heterocycles. The van der Waals surface area contributed by atoms with Crippen molar-refractivity contribution in [3.05, 3.63) is 94.0 Å². The standard InChI is InChI=1S/C23H16F3N3O3/c1-13-6-8-14(9-7-13)19-12-28-22(32-19)17-5-3-2-4-16(17)20(30)29-18-10-15(23(24,25)26)11-27-21(18)31/h2-12H,1H3,(H,27,31)(H,29,30). The van der Waals surface area contributed by atoms with Crippen LogP contribution in [0, 0.1) is 6.92 Å². The first-order valence-corrected chi connectivity index (χ1v) is 9.46. The normalized spacial score (nSPS) is 11.4. The topological polar surface area (TPSA) is 88.0 Å². The van der Waals surface area contributed by atoms with E-state index in [1.165, 1.54) is 12.3 Å². The van der Waals surface area contributed by atoms with Gasteiger partial charge in [-0.05, 0) is 25.1 Å². The Hall–Kier alpha value is -4.14. The first-order valence-electron chi connectivity index (χ1n) is 9.46. The lowest BCUT2D eigenvalue weighted by Gasteiger charge is -2.10. The fourth-order valence-corrected chi connectivity index (χ4v) is 3.05. The zero-order chi connectivity index (χ0) is 22.9. The summed E-state index contributed by atoms with van der Waals surface area (Å²) in [6, 6.07) is 14.5. The number of anilines is 1. The van der Waals surface area contributed by atoms with Crippen LogP contribution in [0.25, 0.3) is 22.8 Å². The number of aromatic amines is 1. The number of H-pyrrole nitrogens is 1. The fourth-order valence-electron chi connectivity index (χ4n) is 3.05. The molecule has 0 fully saturated rings. The van der Waals surface area contributed by atoms with E-state index < -0.39 is 28.9 Å². The van der Waals surface area contributed by atoms with E-state index in [2.05, 4.69) is 10.3 Å². The van der Waals surface area contributed by atoms with Crippen LogP contribution < -0.4 is 10.9 Å². The smallest absolute Gasteiger partial charge is 0.417 e. The van der Waals surface area contributed by atoms with E-state index in [0.717, 1.165) is 11.1 Å². The predicted molar refractivity (Wildman–Crippen MR) is 112 cm³/mol. The van der Waals surface area contributed by atoms with Gasteiger partial charge in [-0.3, -0.25) is 9.59 Å². The Balaban J connectivity index is 1.66. The number of oxazole rings is 1. The molecule has 2 N–H and O–H groups in total. The maximum Gasteiger partial charge on any atom is 0.417 e. The quantitative estimate of drug-likeness (QED) is 0.453. The van der Waals surface area contributed by atoms with E-state index in [4.69, 9.17) is 4.42 Å². The van der Waals surface area contributed by atoms with Gasteiger partial charge in [-0.15, -0.1) is 0 Å². The summed E-state index contributed by atoms with van der Waals surface area (Å²) >= 11 is 0. The van der Waals surface area contributed by atoms with Crippen LogP contribution in [-0.4, -0.2) is 15.9 Å². The van der Waals surface area contributed by atoms with Crippen LogP contribution in [0.1, 0.15) is 21.5 Å². The molecule has 1 amide bonds. The van der Waals surface area contributed by atoms with Gasteiger partial charge in [0.05, 0.1) is 17.3 Å².